The number of hydrazone groups is 1. The first-order chi connectivity index (χ1) is 11.5. The second-order valence-electron chi connectivity index (χ2n) is 5.22. The van der Waals surface area contributed by atoms with Gasteiger partial charge in [-0.1, -0.05) is 6.07 Å². The first kappa shape index (κ1) is 18.0. The smallest absolute Gasteiger partial charge is 0.277 e. The number of rotatable bonds is 6. The van der Waals surface area contributed by atoms with Crippen LogP contribution in [-0.4, -0.2) is 25.8 Å². The Morgan fingerprint density at radius 1 is 1.21 bits per heavy atom. The number of benzene rings is 2. The van der Waals surface area contributed by atoms with Crippen LogP contribution in [-0.2, 0) is 4.79 Å². The van der Waals surface area contributed by atoms with Gasteiger partial charge in [-0.3, -0.25) is 4.79 Å². The summed E-state index contributed by atoms with van der Waals surface area (Å²) in [4.78, 5) is 11.7. The lowest BCUT2D eigenvalue weighted by atomic mass is 10.1. The van der Waals surface area contributed by atoms with Crippen molar-refractivity contribution in [2.45, 2.75) is 13.8 Å². The molecule has 2 aromatic carbocycles. The van der Waals surface area contributed by atoms with Gasteiger partial charge in [0, 0.05) is 0 Å². The van der Waals surface area contributed by atoms with E-state index in [1.165, 1.54) is 5.56 Å². The van der Waals surface area contributed by atoms with Gasteiger partial charge in [0.05, 0.1) is 17.8 Å². The first-order valence-corrected chi connectivity index (χ1v) is 8.14. The second-order valence-corrected chi connectivity index (χ2v) is 6.08. The van der Waals surface area contributed by atoms with E-state index in [1.807, 2.05) is 50.2 Å². The number of methoxy groups -OCH3 is 1. The lowest BCUT2D eigenvalue weighted by Crippen LogP contribution is -2.24. The average Bonchev–Trinajstić information content (AvgIpc) is 2.56. The highest BCUT2D eigenvalue weighted by Crippen LogP contribution is 2.24. The molecule has 0 fully saturated rings. The monoisotopic (exact) mass is 390 g/mol. The van der Waals surface area contributed by atoms with Gasteiger partial charge in [-0.15, -0.1) is 0 Å². The number of carbonyl (C=O) groups excluding carboxylic acids is 1. The molecule has 6 heteroatoms. The third kappa shape index (κ3) is 5.09. The van der Waals surface area contributed by atoms with E-state index in [-0.39, 0.29) is 12.5 Å². The Morgan fingerprint density at radius 2 is 2.00 bits per heavy atom. The highest BCUT2D eigenvalue weighted by Gasteiger charge is 2.03. The number of hydrogen-bond donors (Lipinski definition) is 1. The van der Waals surface area contributed by atoms with Gasteiger partial charge in [0.25, 0.3) is 5.91 Å². The molecule has 0 aromatic heterocycles. The Balaban J connectivity index is 1.84. The fraction of sp³-hybridized carbons (Fsp3) is 0.222. The molecule has 0 bridgehead atoms. The van der Waals surface area contributed by atoms with E-state index in [4.69, 9.17) is 9.47 Å². The van der Waals surface area contributed by atoms with Crippen LogP contribution in [0.15, 0.2) is 46.0 Å². The molecule has 0 aliphatic carbocycles. The van der Waals surface area contributed by atoms with E-state index in [9.17, 15) is 4.79 Å². The molecule has 1 amide bonds. The zero-order chi connectivity index (χ0) is 17.5. The molecule has 2 aromatic rings. The largest absolute Gasteiger partial charge is 0.496 e. The molecule has 126 valence electrons. The Kier molecular flexibility index (Phi) is 6.37. The van der Waals surface area contributed by atoms with Crippen LogP contribution in [0.1, 0.15) is 16.7 Å². The average molecular weight is 391 g/mol. The van der Waals surface area contributed by atoms with Gasteiger partial charge in [0.2, 0.25) is 0 Å². The maximum atomic E-state index is 11.7. The minimum Gasteiger partial charge on any atom is -0.496 e. The minimum atomic E-state index is -0.322. The van der Waals surface area contributed by atoms with Crippen LogP contribution < -0.4 is 14.9 Å². The summed E-state index contributed by atoms with van der Waals surface area (Å²) in [6.07, 6.45) is 1.55. The molecule has 0 saturated carbocycles. The summed E-state index contributed by atoms with van der Waals surface area (Å²) in [5, 5.41) is 3.92. The van der Waals surface area contributed by atoms with Gasteiger partial charge in [-0.25, -0.2) is 5.43 Å². The summed E-state index contributed by atoms with van der Waals surface area (Å²) in [6, 6.07) is 11.2. The van der Waals surface area contributed by atoms with Crippen LogP contribution in [0.4, 0.5) is 0 Å². The molecule has 0 atom stereocenters. The zero-order valence-electron chi connectivity index (χ0n) is 13.8. The summed E-state index contributed by atoms with van der Waals surface area (Å²) in [5.74, 6) is 1.08. The van der Waals surface area contributed by atoms with Crippen molar-refractivity contribution >= 4 is 28.1 Å². The van der Waals surface area contributed by atoms with Crippen molar-refractivity contribution in [3.05, 3.63) is 57.6 Å². The van der Waals surface area contributed by atoms with Gasteiger partial charge in [0.1, 0.15) is 11.5 Å². The highest BCUT2D eigenvalue weighted by atomic mass is 79.9. The van der Waals surface area contributed by atoms with Crippen LogP contribution in [0.3, 0.4) is 0 Å². The minimum absolute atomic E-state index is 0.0911. The normalized spacial score (nSPS) is 10.7. The molecule has 0 heterocycles. The van der Waals surface area contributed by atoms with Crippen molar-refractivity contribution in [2.24, 2.45) is 5.10 Å². The van der Waals surface area contributed by atoms with Crippen LogP contribution >= 0.6 is 15.9 Å². The number of nitrogens with one attached hydrogen (secondary N) is 1. The Bertz CT molecular complexity index is 760. The summed E-state index contributed by atoms with van der Waals surface area (Å²) in [5.41, 5.74) is 5.57. The molecule has 0 saturated heterocycles. The quantitative estimate of drug-likeness (QED) is 0.605. The van der Waals surface area contributed by atoms with Crippen molar-refractivity contribution in [1.29, 1.82) is 0 Å². The number of aryl methyl sites for hydroxylation is 2. The maximum absolute atomic E-state index is 11.7. The van der Waals surface area contributed by atoms with Crippen LogP contribution in [0.2, 0.25) is 0 Å². The van der Waals surface area contributed by atoms with E-state index >= 15 is 0 Å². The van der Waals surface area contributed by atoms with Crippen molar-refractivity contribution < 1.29 is 14.3 Å². The van der Waals surface area contributed by atoms with E-state index in [2.05, 4.69) is 26.5 Å². The van der Waals surface area contributed by atoms with Gasteiger partial charge < -0.3 is 9.47 Å². The third-order valence-electron chi connectivity index (χ3n) is 3.43. The van der Waals surface area contributed by atoms with Gasteiger partial charge in [-0.05, 0) is 76.8 Å². The highest BCUT2D eigenvalue weighted by molar-refractivity contribution is 9.10. The molecule has 0 radical (unpaired) electrons. The summed E-state index contributed by atoms with van der Waals surface area (Å²) in [6.45, 7) is 3.93. The predicted molar refractivity (Wildman–Crippen MR) is 97.8 cm³/mol. The van der Waals surface area contributed by atoms with Gasteiger partial charge >= 0.3 is 0 Å². The first-order valence-electron chi connectivity index (χ1n) is 7.35. The van der Waals surface area contributed by atoms with E-state index in [0.717, 1.165) is 21.3 Å². The molecule has 0 aliphatic heterocycles. The zero-order valence-corrected chi connectivity index (χ0v) is 15.4. The molecule has 5 nitrogen and oxygen atoms in total. The Morgan fingerprint density at radius 3 is 2.67 bits per heavy atom. The van der Waals surface area contributed by atoms with Crippen molar-refractivity contribution in [3.63, 3.8) is 0 Å². The third-order valence-corrected chi connectivity index (χ3v) is 4.05. The topological polar surface area (TPSA) is 59.9 Å². The fourth-order valence-electron chi connectivity index (χ4n) is 1.93. The maximum Gasteiger partial charge on any atom is 0.277 e. The van der Waals surface area contributed by atoms with E-state index in [0.29, 0.717) is 5.75 Å². The SMILES string of the molecule is COc1ccc(C=NNC(=O)COc2ccc(C)c(C)c2)cc1Br. The van der Waals surface area contributed by atoms with Crippen molar-refractivity contribution in [2.75, 3.05) is 13.7 Å². The summed E-state index contributed by atoms with van der Waals surface area (Å²) in [7, 11) is 1.60. The van der Waals surface area contributed by atoms with E-state index < -0.39 is 0 Å². The number of halogens is 1. The summed E-state index contributed by atoms with van der Waals surface area (Å²) >= 11 is 3.40. The fourth-order valence-corrected chi connectivity index (χ4v) is 2.48. The lowest BCUT2D eigenvalue weighted by molar-refractivity contribution is -0.123. The van der Waals surface area contributed by atoms with Crippen LogP contribution in [0.25, 0.3) is 0 Å². The standard InChI is InChI=1S/C18H19BrN2O3/c1-12-4-6-15(8-13(12)2)24-11-18(22)21-20-10-14-5-7-17(23-3)16(19)9-14/h4-10H,11H2,1-3H3,(H,21,22). The molecule has 24 heavy (non-hydrogen) atoms. The van der Waals surface area contributed by atoms with Crippen LogP contribution in [0, 0.1) is 13.8 Å². The van der Waals surface area contributed by atoms with Crippen molar-refractivity contribution in [1.82, 2.24) is 5.43 Å². The number of hydrogen-bond acceptors (Lipinski definition) is 4. The molecule has 2 rings (SSSR count). The van der Waals surface area contributed by atoms with Crippen molar-refractivity contribution in [3.8, 4) is 11.5 Å². The number of carbonyl (C=O) groups is 1. The molecule has 1 N–H and O–H groups in total. The predicted octanol–water partition coefficient (Wildman–Crippen LogP) is 3.60. The Hall–Kier alpha value is -2.34. The molecule has 0 spiro atoms. The summed E-state index contributed by atoms with van der Waals surface area (Å²) < 4.78 is 11.4. The van der Waals surface area contributed by atoms with Crippen LogP contribution in [0.5, 0.6) is 11.5 Å². The van der Waals surface area contributed by atoms with Gasteiger partial charge in [-0.2, -0.15) is 5.10 Å². The lowest BCUT2D eigenvalue weighted by Gasteiger charge is -2.07. The molecular weight excluding hydrogens is 372 g/mol. The van der Waals surface area contributed by atoms with E-state index in [1.54, 1.807) is 13.3 Å². The molecule has 0 unspecified atom stereocenters. The Labute approximate surface area is 149 Å². The number of nitrogens with zero attached hydrogens (tertiary/aromatic N) is 1. The number of amides is 1. The number of ether oxygens (including phenoxy) is 2. The molecule has 0 aliphatic rings. The molecular formula is C18H19BrN2O3. The van der Waals surface area contributed by atoms with Gasteiger partial charge in [0.15, 0.2) is 6.61 Å². The second kappa shape index (κ2) is 8.49.